The number of ether oxygens (including phenoxy) is 3. The van der Waals surface area contributed by atoms with E-state index >= 15 is 0 Å². The normalized spacial score (nSPS) is 11.7. The van der Waals surface area contributed by atoms with E-state index in [0.29, 0.717) is 30.2 Å². The van der Waals surface area contributed by atoms with Crippen LogP contribution < -0.4 is 19.5 Å². The number of benzene rings is 1. The molecule has 1 N–H and O–H groups in total. The van der Waals surface area contributed by atoms with Gasteiger partial charge in [0.1, 0.15) is 0 Å². The average Bonchev–Trinajstić information content (AvgIpc) is 2.47. The molecule has 0 aromatic heterocycles. The Balaban J connectivity index is 3.26. The smallest absolute Gasteiger partial charge is 0.227 e. The summed E-state index contributed by atoms with van der Waals surface area (Å²) in [6.45, 7) is 4.49. The lowest BCUT2D eigenvalue weighted by atomic mass is 9.94. The first kappa shape index (κ1) is 16.1. The summed E-state index contributed by atoms with van der Waals surface area (Å²) in [5.74, 6) is 1.42. The van der Waals surface area contributed by atoms with Crippen molar-refractivity contribution >= 4 is 5.91 Å². The minimum atomic E-state index is -0.233. The predicted octanol–water partition coefficient (Wildman–Crippen LogP) is 2.34. The summed E-state index contributed by atoms with van der Waals surface area (Å²) < 4.78 is 15.9. The summed E-state index contributed by atoms with van der Waals surface area (Å²) in [5.41, 5.74) is 0.855. The zero-order valence-electron chi connectivity index (χ0n) is 12.8. The van der Waals surface area contributed by atoms with Crippen LogP contribution in [0.15, 0.2) is 12.1 Å². The van der Waals surface area contributed by atoms with Gasteiger partial charge in [0.2, 0.25) is 11.7 Å². The average molecular weight is 281 g/mol. The highest BCUT2D eigenvalue weighted by Gasteiger charge is 2.22. The molecule has 1 atom stereocenters. The Hall–Kier alpha value is -1.91. The second-order valence-corrected chi connectivity index (χ2v) is 4.31. The Morgan fingerprint density at radius 2 is 1.65 bits per heavy atom. The first-order valence-corrected chi connectivity index (χ1v) is 6.70. The van der Waals surface area contributed by atoms with Gasteiger partial charge < -0.3 is 19.5 Å². The molecule has 0 aliphatic heterocycles. The van der Waals surface area contributed by atoms with Gasteiger partial charge in [0.05, 0.1) is 27.2 Å². The molecule has 0 bridgehead atoms. The molecule has 20 heavy (non-hydrogen) atoms. The monoisotopic (exact) mass is 281 g/mol. The van der Waals surface area contributed by atoms with Gasteiger partial charge in [-0.3, -0.25) is 4.79 Å². The minimum Gasteiger partial charge on any atom is -0.493 e. The number of hydrogen-bond acceptors (Lipinski definition) is 4. The highest BCUT2D eigenvalue weighted by molar-refractivity contribution is 5.84. The van der Waals surface area contributed by atoms with Crippen molar-refractivity contribution in [2.75, 3.05) is 27.9 Å². The molecule has 0 aliphatic rings. The van der Waals surface area contributed by atoms with Crippen LogP contribution in [0.2, 0.25) is 0 Å². The van der Waals surface area contributed by atoms with Crippen LogP contribution >= 0.6 is 0 Å². The van der Waals surface area contributed by atoms with E-state index in [1.165, 1.54) is 0 Å². The molecule has 0 saturated heterocycles. The third kappa shape index (κ3) is 3.35. The number of methoxy groups -OCH3 is 3. The van der Waals surface area contributed by atoms with Crippen molar-refractivity contribution in [2.24, 2.45) is 0 Å². The van der Waals surface area contributed by atoms with Crippen LogP contribution in [0.25, 0.3) is 0 Å². The maximum Gasteiger partial charge on any atom is 0.227 e. The summed E-state index contributed by atoms with van der Waals surface area (Å²) in [5, 5.41) is 2.85. The number of nitrogens with one attached hydrogen (secondary N) is 1. The SMILES string of the molecule is CCNC(=O)C(CC)c1cc(OC)c(OC)c(OC)c1. The third-order valence-corrected chi connectivity index (χ3v) is 3.17. The van der Waals surface area contributed by atoms with E-state index in [1.54, 1.807) is 21.3 Å². The van der Waals surface area contributed by atoms with Gasteiger partial charge in [0, 0.05) is 6.54 Å². The van der Waals surface area contributed by atoms with Crippen LogP contribution in [0.1, 0.15) is 31.7 Å². The fourth-order valence-electron chi connectivity index (χ4n) is 2.17. The molecule has 1 rings (SSSR count). The molecular formula is C15H23NO4. The van der Waals surface area contributed by atoms with Crippen molar-refractivity contribution in [2.45, 2.75) is 26.2 Å². The molecule has 1 aromatic carbocycles. The topological polar surface area (TPSA) is 56.8 Å². The summed E-state index contributed by atoms with van der Waals surface area (Å²) in [6.07, 6.45) is 0.699. The summed E-state index contributed by atoms with van der Waals surface area (Å²) in [6, 6.07) is 3.65. The Bertz CT molecular complexity index is 434. The molecule has 5 heteroatoms. The fourth-order valence-corrected chi connectivity index (χ4v) is 2.17. The number of amides is 1. The van der Waals surface area contributed by atoms with Gasteiger partial charge in [0.15, 0.2) is 11.5 Å². The zero-order valence-corrected chi connectivity index (χ0v) is 12.8. The van der Waals surface area contributed by atoms with E-state index in [-0.39, 0.29) is 11.8 Å². The van der Waals surface area contributed by atoms with E-state index in [9.17, 15) is 4.79 Å². The highest BCUT2D eigenvalue weighted by Crippen LogP contribution is 2.40. The summed E-state index contributed by atoms with van der Waals surface area (Å²) in [4.78, 5) is 12.1. The minimum absolute atomic E-state index is 0.00396. The fraction of sp³-hybridized carbons (Fsp3) is 0.533. The lowest BCUT2D eigenvalue weighted by Gasteiger charge is -2.19. The molecule has 0 radical (unpaired) electrons. The van der Waals surface area contributed by atoms with Crippen LogP contribution in [0.5, 0.6) is 17.2 Å². The van der Waals surface area contributed by atoms with Gasteiger partial charge in [-0.2, -0.15) is 0 Å². The molecule has 1 aromatic rings. The van der Waals surface area contributed by atoms with Crippen LogP contribution in [0.4, 0.5) is 0 Å². The predicted molar refractivity (Wildman–Crippen MR) is 77.8 cm³/mol. The molecule has 0 aliphatic carbocycles. The van der Waals surface area contributed by atoms with Gasteiger partial charge in [-0.25, -0.2) is 0 Å². The van der Waals surface area contributed by atoms with Crippen molar-refractivity contribution < 1.29 is 19.0 Å². The largest absolute Gasteiger partial charge is 0.493 e. The molecule has 0 heterocycles. The summed E-state index contributed by atoms with van der Waals surface area (Å²) in [7, 11) is 4.68. The Morgan fingerprint density at radius 1 is 1.10 bits per heavy atom. The van der Waals surface area contributed by atoms with Gasteiger partial charge >= 0.3 is 0 Å². The molecule has 0 saturated carbocycles. The molecule has 1 amide bonds. The second kappa shape index (κ2) is 7.62. The standard InChI is InChI=1S/C15H23NO4/c1-6-11(15(17)16-7-2)10-8-12(18-3)14(20-5)13(9-10)19-4/h8-9,11H,6-7H2,1-5H3,(H,16,17). The number of hydrogen-bond donors (Lipinski definition) is 1. The number of carbonyl (C=O) groups is 1. The highest BCUT2D eigenvalue weighted by atomic mass is 16.5. The second-order valence-electron chi connectivity index (χ2n) is 4.31. The Labute approximate surface area is 120 Å². The van der Waals surface area contributed by atoms with Crippen LogP contribution in [0.3, 0.4) is 0 Å². The van der Waals surface area contributed by atoms with Crippen molar-refractivity contribution in [1.29, 1.82) is 0 Å². The van der Waals surface area contributed by atoms with Gasteiger partial charge in [0.25, 0.3) is 0 Å². The van der Waals surface area contributed by atoms with Crippen molar-refractivity contribution in [3.05, 3.63) is 17.7 Å². The van der Waals surface area contributed by atoms with E-state index in [1.807, 2.05) is 26.0 Å². The van der Waals surface area contributed by atoms with Crippen molar-refractivity contribution in [1.82, 2.24) is 5.32 Å². The molecule has 0 spiro atoms. The van der Waals surface area contributed by atoms with E-state index in [4.69, 9.17) is 14.2 Å². The van der Waals surface area contributed by atoms with E-state index in [0.717, 1.165) is 5.56 Å². The molecule has 112 valence electrons. The number of likely N-dealkylation sites (N-methyl/N-ethyl adjacent to an activating group) is 1. The number of rotatable bonds is 7. The van der Waals surface area contributed by atoms with Crippen LogP contribution in [-0.4, -0.2) is 33.8 Å². The van der Waals surface area contributed by atoms with E-state index < -0.39 is 0 Å². The Kier molecular flexibility index (Phi) is 6.15. The zero-order chi connectivity index (χ0) is 15.1. The van der Waals surface area contributed by atoms with Crippen molar-refractivity contribution in [3.8, 4) is 17.2 Å². The quantitative estimate of drug-likeness (QED) is 0.833. The van der Waals surface area contributed by atoms with E-state index in [2.05, 4.69) is 5.32 Å². The molecule has 0 fully saturated rings. The van der Waals surface area contributed by atoms with Gasteiger partial charge in [-0.15, -0.1) is 0 Å². The maximum absolute atomic E-state index is 12.1. The Morgan fingerprint density at radius 3 is 2.00 bits per heavy atom. The lowest BCUT2D eigenvalue weighted by molar-refractivity contribution is -0.122. The van der Waals surface area contributed by atoms with Crippen LogP contribution in [-0.2, 0) is 4.79 Å². The molecule has 1 unspecified atom stereocenters. The molecular weight excluding hydrogens is 258 g/mol. The summed E-state index contributed by atoms with van der Waals surface area (Å²) >= 11 is 0. The number of carbonyl (C=O) groups excluding carboxylic acids is 1. The van der Waals surface area contributed by atoms with Crippen molar-refractivity contribution in [3.63, 3.8) is 0 Å². The molecule has 5 nitrogen and oxygen atoms in total. The third-order valence-electron chi connectivity index (χ3n) is 3.17. The van der Waals surface area contributed by atoms with Gasteiger partial charge in [-0.05, 0) is 31.0 Å². The van der Waals surface area contributed by atoms with Crippen LogP contribution in [0, 0.1) is 0 Å². The lowest BCUT2D eigenvalue weighted by Crippen LogP contribution is -2.28. The first-order chi connectivity index (χ1) is 9.62. The van der Waals surface area contributed by atoms with Gasteiger partial charge in [-0.1, -0.05) is 6.92 Å². The first-order valence-electron chi connectivity index (χ1n) is 6.70. The maximum atomic E-state index is 12.1.